The Labute approximate surface area is 255 Å². The molecule has 3 aromatic rings. The normalized spacial score (nSPS) is 27.1. The first-order chi connectivity index (χ1) is 20.7. The molecular formula is C29H31BrFN5O7. The van der Waals surface area contributed by atoms with Crippen molar-refractivity contribution in [3.05, 3.63) is 58.4 Å². The van der Waals surface area contributed by atoms with Crippen molar-refractivity contribution >= 4 is 27.5 Å². The van der Waals surface area contributed by atoms with Crippen molar-refractivity contribution in [1.29, 1.82) is 5.26 Å². The largest absolute Gasteiger partial charge is 0.497 e. The fourth-order valence-corrected chi connectivity index (χ4v) is 6.33. The predicted molar refractivity (Wildman–Crippen MR) is 154 cm³/mol. The van der Waals surface area contributed by atoms with Gasteiger partial charge < -0.3 is 34.4 Å². The topological polar surface area (TPSA) is 163 Å². The van der Waals surface area contributed by atoms with E-state index in [4.69, 9.17) is 14.2 Å². The standard InChI is InChI=1S/C29H31BrFN5O7/c1-41-20-7-15(12-32)6-19(11-20)36(22-4-3-5-23(22)38)29(40)28-27(42-2)25(26(39)24(14-37)43-28)35-13-21(33-34-35)16-8-17(30)10-18(31)9-16/h6-11,13,22-28,37-39H,3-5,14H2,1-2H3/t22-,23-,24+,25-,26-,27+,28+/m0/s1. The molecule has 12 nitrogen and oxygen atoms in total. The molecule has 1 aromatic heterocycles. The molecule has 0 spiro atoms. The number of halogens is 2. The summed E-state index contributed by atoms with van der Waals surface area (Å²) >= 11 is 3.26. The zero-order valence-electron chi connectivity index (χ0n) is 23.4. The number of carbonyl (C=O) groups excluding carboxylic acids is 1. The van der Waals surface area contributed by atoms with Crippen LogP contribution in [-0.2, 0) is 14.3 Å². The third-order valence-electron chi connectivity index (χ3n) is 7.90. The van der Waals surface area contributed by atoms with Gasteiger partial charge >= 0.3 is 0 Å². The number of benzene rings is 2. The molecule has 1 aliphatic carbocycles. The highest BCUT2D eigenvalue weighted by molar-refractivity contribution is 9.10. The fourth-order valence-electron chi connectivity index (χ4n) is 5.86. The smallest absolute Gasteiger partial charge is 0.259 e. The quantitative estimate of drug-likeness (QED) is 0.327. The van der Waals surface area contributed by atoms with Gasteiger partial charge in [0.05, 0.1) is 43.7 Å². The fraction of sp³-hybridized carbons (Fsp3) is 0.448. The molecule has 1 aliphatic heterocycles. The maximum Gasteiger partial charge on any atom is 0.259 e. The van der Waals surface area contributed by atoms with Gasteiger partial charge in [0, 0.05) is 28.9 Å². The van der Waals surface area contributed by atoms with Crippen LogP contribution in [0.3, 0.4) is 0 Å². The Kier molecular flexibility index (Phi) is 9.40. The minimum atomic E-state index is -1.38. The third kappa shape index (κ3) is 6.14. The summed E-state index contributed by atoms with van der Waals surface area (Å²) in [5, 5.41) is 50.2. The lowest BCUT2D eigenvalue weighted by atomic mass is 9.91. The molecule has 14 heteroatoms. The lowest BCUT2D eigenvalue weighted by Crippen LogP contribution is -2.62. The molecular weight excluding hydrogens is 629 g/mol. The van der Waals surface area contributed by atoms with Gasteiger partial charge in [-0.25, -0.2) is 9.07 Å². The summed E-state index contributed by atoms with van der Waals surface area (Å²) in [5.41, 5.74) is 1.28. The van der Waals surface area contributed by atoms with Crippen molar-refractivity contribution < 1.29 is 38.7 Å². The van der Waals surface area contributed by atoms with Gasteiger partial charge in [0.15, 0.2) is 6.10 Å². The van der Waals surface area contributed by atoms with Crippen molar-refractivity contribution in [2.24, 2.45) is 0 Å². The highest BCUT2D eigenvalue weighted by atomic mass is 79.9. The number of aromatic nitrogens is 3. The Hall–Kier alpha value is -3.45. The van der Waals surface area contributed by atoms with Gasteiger partial charge in [-0.2, -0.15) is 5.26 Å². The molecule has 2 fully saturated rings. The van der Waals surface area contributed by atoms with Crippen LogP contribution in [0.15, 0.2) is 47.1 Å². The SMILES string of the molecule is COc1cc(C#N)cc(N(C(=O)[C@@H]2O[C@H](CO)[C@H](O)[C@H](n3cc(-c4cc(F)cc(Br)c4)nn3)[C@H]2OC)[C@H]2CCC[C@@H]2O)c1. The summed E-state index contributed by atoms with van der Waals surface area (Å²) in [5.74, 6) is -0.760. The van der Waals surface area contributed by atoms with Gasteiger partial charge in [0.1, 0.15) is 41.6 Å². The second-order valence-electron chi connectivity index (χ2n) is 10.5. The Morgan fingerprint density at radius 2 is 2.02 bits per heavy atom. The molecule has 1 saturated heterocycles. The Morgan fingerprint density at radius 1 is 1.23 bits per heavy atom. The van der Waals surface area contributed by atoms with E-state index >= 15 is 0 Å². The molecule has 43 heavy (non-hydrogen) atoms. The zero-order valence-corrected chi connectivity index (χ0v) is 25.0. The van der Waals surface area contributed by atoms with E-state index in [0.717, 1.165) is 0 Å². The van der Waals surface area contributed by atoms with Gasteiger partial charge in [-0.1, -0.05) is 21.1 Å². The molecule has 5 rings (SSSR count). The lowest BCUT2D eigenvalue weighted by Gasteiger charge is -2.45. The predicted octanol–water partition coefficient (Wildman–Crippen LogP) is 2.35. The maximum atomic E-state index is 14.5. The van der Waals surface area contributed by atoms with Gasteiger partial charge in [-0.3, -0.25) is 4.79 Å². The van der Waals surface area contributed by atoms with E-state index < -0.39 is 60.9 Å². The Morgan fingerprint density at radius 3 is 2.65 bits per heavy atom. The molecule has 0 unspecified atom stereocenters. The van der Waals surface area contributed by atoms with Crippen LogP contribution in [0.4, 0.5) is 10.1 Å². The highest BCUT2D eigenvalue weighted by Gasteiger charge is 2.52. The van der Waals surface area contributed by atoms with E-state index in [-0.39, 0.29) is 5.56 Å². The van der Waals surface area contributed by atoms with Crippen LogP contribution < -0.4 is 9.64 Å². The van der Waals surface area contributed by atoms with Gasteiger partial charge in [0.25, 0.3) is 5.91 Å². The van der Waals surface area contributed by atoms with Crippen molar-refractivity contribution in [2.45, 2.75) is 61.9 Å². The van der Waals surface area contributed by atoms with Gasteiger partial charge in [-0.15, -0.1) is 5.10 Å². The van der Waals surface area contributed by atoms with E-state index in [1.807, 2.05) is 0 Å². The summed E-state index contributed by atoms with van der Waals surface area (Å²) in [7, 11) is 2.79. The van der Waals surface area contributed by atoms with Gasteiger partial charge in [-0.05, 0) is 49.6 Å². The molecule has 1 saturated carbocycles. The third-order valence-corrected chi connectivity index (χ3v) is 8.36. The Bertz CT molecular complexity index is 1500. The number of hydrogen-bond acceptors (Lipinski definition) is 10. The number of nitriles is 1. The molecule has 0 radical (unpaired) electrons. The van der Waals surface area contributed by atoms with Crippen LogP contribution in [0.5, 0.6) is 5.75 Å². The lowest BCUT2D eigenvalue weighted by molar-refractivity contribution is -0.211. The van der Waals surface area contributed by atoms with E-state index in [9.17, 15) is 29.8 Å². The number of ether oxygens (including phenoxy) is 3. The van der Waals surface area contributed by atoms with Crippen LogP contribution in [0.1, 0.15) is 30.9 Å². The molecule has 2 aromatic carbocycles. The number of carbonyl (C=O) groups is 1. The highest BCUT2D eigenvalue weighted by Crippen LogP contribution is 2.38. The zero-order chi connectivity index (χ0) is 30.8. The number of aliphatic hydroxyl groups is 3. The van der Waals surface area contributed by atoms with Crippen LogP contribution in [-0.4, -0.2) is 93.6 Å². The second-order valence-corrected chi connectivity index (χ2v) is 11.4. The van der Waals surface area contributed by atoms with E-state index in [1.165, 1.54) is 54.3 Å². The average Bonchev–Trinajstić information content (AvgIpc) is 3.65. The number of methoxy groups -OCH3 is 2. The molecule has 3 N–H and O–H groups in total. The van der Waals surface area contributed by atoms with Crippen LogP contribution >= 0.6 is 15.9 Å². The second kappa shape index (κ2) is 13.0. The minimum Gasteiger partial charge on any atom is -0.497 e. The summed E-state index contributed by atoms with van der Waals surface area (Å²) in [6.07, 6.45) is -2.83. The van der Waals surface area contributed by atoms with Crippen LogP contribution in [0.2, 0.25) is 0 Å². The molecule has 0 bridgehead atoms. The van der Waals surface area contributed by atoms with Crippen LogP contribution in [0, 0.1) is 17.1 Å². The molecule has 2 heterocycles. The van der Waals surface area contributed by atoms with Crippen molar-refractivity contribution in [1.82, 2.24) is 15.0 Å². The molecule has 1 amide bonds. The Balaban J connectivity index is 1.56. The molecule has 7 atom stereocenters. The number of amides is 1. The first-order valence-electron chi connectivity index (χ1n) is 13.6. The van der Waals surface area contributed by atoms with Gasteiger partial charge in [0.2, 0.25) is 0 Å². The van der Waals surface area contributed by atoms with E-state index in [0.29, 0.717) is 46.4 Å². The maximum absolute atomic E-state index is 14.5. The first kappa shape index (κ1) is 31.0. The number of anilines is 1. The number of hydrogen-bond donors (Lipinski definition) is 3. The van der Waals surface area contributed by atoms with E-state index in [1.54, 1.807) is 12.1 Å². The average molecular weight is 660 g/mol. The number of aliphatic hydroxyl groups excluding tert-OH is 3. The summed E-state index contributed by atoms with van der Waals surface area (Å²) < 4.78 is 33.0. The van der Waals surface area contributed by atoms with Crippen molar-refractivity contribution in [3.8, 4) is 23.1 Å². The molecule has 228 valence electrons. The monoisotopic (exact) mass is 659 g/mol. The summed E-state index contributed by atoms with van der Waals surface area (Å²) in [4.78, 5) is 15.9. The summed E-state index contributed by atoms with van der Waals surface area (Å²) in [6.45, 7) is -0.625. The first-order valence-corrected chi connectivity index (χ1v) is 14.4. The number of rotatable bonds is 8. The van der Waals surface area contributed by atoms with Crippen molar-refractivity contribution in [2.75, 3.05) is 25.7 Å². The molecule has 2 aliphatic rings. The van der Waals surface area contributed by atoms with Crippen LogP contribution in [0.25, 0.3) is 11.3 Å². The minimum absolute atomic E-state index is 0.244. The van der Waals surface area contributed by atoms with E-state index in [2.05, 4.69) is 32.3 Å². The summed E-state index contributed by atoms with van der Waals surface area (Å²) in [6, 6.07) is 9.24. The van der Waals surface area contributed by atoms with Crippen molar-refractivity contribution in [3.63, 3.8) is 0 Å². The number of nitrogens with zero attached hydrogens (tertiary/aromatic N) is 5.